The lowest BCUT2D eigenvalue weighted by atomic mass is 9.59. The minimum atomic E-state index is 0.0238. The van der Waals surface area contributed by atoms with Crippen molar-refractivity contribution in [2.75, 3.05) is 0 Å². The molecule has 0 spiro atoms. The monoisotopic (exact) mass is 179 g/mol. The second-order valence-corrected chi connectivity index (χ2v) is 4.74. The number of fused-ring (bicyclic) bond motifs is 1. The van der Waals surface area contributed by atoms with Crippen molar-refractivity contribution in [2.24, 2.45) is 17.8 Å². The van der Waals surface area contributed by atoms with Crippen LogP contribution < -0.4 is 5.32 Å². The standard InChI is InChI=1S/C11H17NO/c1-6-5-7(2)11(4)9(8(6)3)10(13)12-11/h5,7-9H,1-4H3,(H,12,13). The highest BCUT2D eigenvalue weighted by Gasteiger charge is 2.56. The SMILES string of the molecule is CC1=CC(C)C2(C)NC(=O)C2C1C. The van der Waals surface area contributed by atoms with Gasteiger partial charge in [-0.2, -0.15) is 0 Å². The van der Waals surface area contributed by atoms with Crippen LogP contribution in [0.4, 0.5) is 0 Å². The lowest BCUT2D eigenvalue weighted by molar-refractivity contribution is -0.146. The van der Waals surface area contributed by atoms with Crippen LogP contribution in [0.1, 0.15) is 27.7 Å². The Kier molecular flexibility index (Phi) is 1.60. The molecule has 0 saturated carbocycles. The topological polar surface area (TPSA) is 29.1 Å². The molecular weight excluding hydrogens is 162 g/mol. The van der Waals surface area contributed by atoms with Gasteiger partial charge in [-0.15, -0.1) is 0 Å². The van der Waals surface area contributed by atoms with Gasteiger partial charge in [0.2, 0.25) is 5.91 Å². The van der Waals surface area contributed by atoms with E-state index in [1.165, 1.54) is 5.57 Å². The van der Waals surface area contributed by atoms with E-state index in [1.807, 2.05) is 0 Å². The Morgan fingerprint density at radius 3 is 2.62 bits per heavy atom. The molecular formula is C11H17NO. The van der Waals surface area contributed by atoms with E-state index >= 15 is 0 Å². The Labute approximate surface area is 79.4 Å². The molecule has 4 unspecified atom stereocenters. The van der Waals surface area contributed by atoms with Crippen LogP contribution in [0.25, 0.3) is 0 Å². The Morgan fingerprint density at radius 1 is 1.46 bits per heavy atom. The van der Waals surface area contributed by atoms with Gasteiger partial charge in [-0.05, 0) is 25.7 Å². The molecule has 1 fully saturated rings. The average Bonchev–Trinajstić information content (AvgIpc) is 2.00. The van der Waals surface area contributed by atoms with Gasteiger partial charge < -0.3 is 5.32 Å². The molecule has 1 saturated heterocycles. The van der Waals surface area contributed by atoms with Crippen molar-refractivity contribution in [2.45, 2.75) is 33.2 Å². The van der Waals surface area contributed by atoms with Crippen molar-refractivity contribution in [1.82, 2.24) is 5.32 Å². The predicted molar refractivity (Wildman–Crippen MR) is 52.1 cm³/mol. The van der Waals surface area contributed by atoms with Crippen LogP contribution in [0.5, 0.6) is 0 Å². The smallest absolute Gasteiger partial charge is 0.226 e. The highest BCUT2D eigenvalue weighted by Crippen LogP contribution is 2.46. The van der Waals surface area contributed by atoms with Crippen LogP contribution in [0.3, 0.4) is 0 Å². The van der Waals surface area contributed by atoms with Gasteiger partial charge >= 0.3 is 0 Å². The summed E-state index contributed by atoms with van der Waals surface area (Å²) in [7, 11) is 0. The average molecular weight is 179 g/mol. The Morgan fingerprint density at radius 2 is 2.08 bits per heavy atom. The molecule has 0 bridgehead atoms. The first-order valence-electron chi connectivity index (χ1n) is 4.97. The molecule has 2 heteroatoms. The van der Waals surface area contributed by atoms with Gasteiger partial charge in [0.05, 0.1) is 11.5 Å². The summed E-state index contributed by atoms with van der Waals surface area (Å²) in [4.78, 5) is 11.4. The van der Waals surface area contributed by atoms with Crippen molar-refractivity contribution in [1.29, 1.82) is 0 Å². The lowest BCUT2D eigenvalue weighted by Crippen LogP contribution is -2.73. The number of carbonyl (C=O) groups is 1. The fourth-order valence-corrected chi connectivity index (χ4v) is 2.74. The third kappa shape index (κ3) is 0.917. The Balaban J connectivity index is 2.39. The molecule has 2 aliphatic rings. The second kappa shape index (κ2) is 2.37. The van der Waals surface area contributed by atoms with Crippen LogP contribution in [-0.4, -0.2) is 11.4 Å². The lowest BCUT2D eigenvalue weighted by Gasteiger charge is -2.55. The van der Waals surface area contributed by atoms with E-state index in [0.29, 0.717) is 11.8 Å². The zero-order valence-corrected chi connectivity index (χ0v) is 8.72. The first-order valence-corrected chi connectivity index (χ1v) is 4.97. The minimum absolute atomic E-state index is 0.0238. The van der Waals surface area contributed by atoms with E-state index in [2.05, 4.69) is 39.1 Å². The summed E-state index contributed by atoms with van der Waals surface area (Å²) in [6, 6.07) is 0. The Hall–Kier alpha value is -0.790. The second-order valence-electron chi connectivity index (χ2n) is 4.74. The number of β-lactam (4-membered cyclic amide) rings is 1. The summed E-state index contributed by atoms with van der Waals surface area (Å²) < 4.78 is 0. The molecule has 1 aliphatic carbocycles. The third-order valence-electron chi connectivity index (χ3n) is 4.00. The molecule has 2 nitrogen and oxygen atoms in total. The van der Waals surface area contributed by atoms with Crippen molar-refractivity contribution in [3.63, 3.8) is 0 Å². The molecule has 72 valence electrons. The summed E-state index contributed by atoms with van der Waals surface area (Å²) in [5.41, 5.74) is 1.39. The number of nitrogens with one attached hydrogen (secondary N) is 1. The number of rotatable bonds is 0. The third-order valence-corrected chi connectivity index (χ3v) is 4.00. The molecule has 4 atom stereocenters. The van der Waals surface area contributed by atoms with Gasteiger partial charge in [0.25, 0.3) is 0 Å². The molecule has 1 heterocycles. The van der Waals surface area contributed by atoms with E-state index in [1.54, 1.807) is 0 Å². The molecule has 1 N–H and O–H groups in total. The first kappa shape index (κ1) is 8.79. The number of hydrogen-bond acceptors (Lipinski definition) is 1. The van der Waals surface area contributed by atoms with Crippen LogP contribution in [0.2, 0.25) is 0 Å². The number of carbonyl (C=O) groups excluding carboxylic acids is 1. The largest absolute Gasteiger partial charge is 0.349 e. The first-order chi connectivity index (χ1) is 5.97. The molecule has 0 aromatic rings. The van der Waals surface area contributed by atoms with Gasteiger partial charge in [-0.25, -0.2) is 0 Å². The summed E-state index contributed by atoms with van der Waals surface area (Å²) in [5.74, 6) is 1.31. The van der Waals surface area contributed by atoms with E-state index < -0.39 is 0 Å². The molecule has 1 amide bonds. The molecule has 0 aromatic heterocycles. The summed E-state index contributed by atoms with van der Waals surface area (Å²) >= 11 is 0. The van der Waals surface area contributed by atoms with E-state index in [0.717, 1.165) is 0 Å². The van der Waals surface area contributed by atoms with E-state index in [9.17, 15) is 4.79 Å². The summed E-state index contributed by atoms with van der Waals surface area (Å²) in [5, 5.41) is 3.04. The van der Waals surface area contributed by atoms with Gasteiger partial charge in [0.1, 0.15) is 0 Å². The minimum Gasteiger partial charge on any atom is -0.349 e. The van der Waals surface area contributed by atoms with Crippen LogP contribution >= 0.6 is 0 Å². The Bertz CT molecular complexity index is 294. The number of amides is 1. The maximum atomic E-state index is 11.4. The predicted octanol–water partition coefficient (Wildman–Crippen LogP) is 1.72. The van der Waals surface area contributed by atoms with E-state index in [-0.39, 0.29) is 17.4 Å². The summed E-state index contributed by atoms with van der Waals surface area (Å²) in [6.07, 6.45) is 2.29. The maximum Gasteiger partial charge on any atom is 0.226 e. The zero-order chi connectivity index (χ0) is 9.80. The summed E-state index contributed by atoms with van der Waals surface area (Å²) in [6.45, 7) is 8.62. The number of hydrogen-bond donors (Lipinski definition) is 1. The molecule has 13 heavy (non-hydrogen) atoms. The fraction of sp³-hybridized carbons (Fsp3) is 0.727. The molecule has 0 aromatic carbocycles. The zero-order valence-electron chi connectivity index (χ0n) is 8.72. The van der Waals surface area contributed by atoms with Crippen molar-refractivity contribution in [3.8, 4) is 0 Å². The maximum absolute atomic E-state index is 11.4. The molecule has 1 aliphatic heterocycles. The van der Waals surface area contributed by atoms with Crippen molar-refractivity contribution in [3.05, 3.63) is 11.6 Å². The molecule has 0 radical (unpaired) electrons. The van der Waals surface area contributed by atoms with Crippen molar-refractivity contribution >= 4 is 5.91 Å². The molecule has 2 rings (SSSR count). The van der Waals surface area contributed by atoms with Crippen LogP contribution in [0, 0.1) is 17.8 Å². The highest BCUT2D eigenvalue weighted by atomic mass is 16.2. The van der Waals surface area contributed by atoms with E-state index in [4.69, 9.17) is 0 Å². The van der Waals surface area contributed by atoms with Gasteiger partial charge in [-0.1, -0.05) is 25.5 Å². The van der Waals surface area contributed by atoms with Crippen molar-refractivity contribution < 1.29 is 4.79 Å². The van der Waals surface area contributed by atoms with Crippen LogP contribution in [0.15, 0.2) is 11.6 Å². The van der Waals surface area contributed by atoms with Gasteiger partial charge in [0.15, 0.2) is 0 Å². The van der Waals surface area contributed by atoms with Gasteiger partial charge in [0, 0.05) is 0 Å². The van der Waals surface area contributed by atoms with Crippen LogP contribution in [-0.2, 0) is 4.79 Å². The number of allylic oxidation sites excluding steroid dienone is 1. The fourth-order valence-electron chi connectivity index (χ4n) is 2.74. The normalized spacial score (nSPS) is 48.8. The highest BCUT2D eigenvalue weighted by molar-refractivity contribution is 5.89. The quantitative estimate of drug-likeness (QED) is 0.445. The van der Waals surface area contributed by atoms with Gasteiger partial charge in [-0.3, -0.25) is 4.79 Å².